The predicted octanol–water partition coefficient (Wildman–Crippen LogP) is 2.47. The van der Waals surface area contributed by atoms with Gasteiger partial charge in [-0.05, 0) is 32.0 Å². The van der Waals surface area contributed by atoms with Gasteiger partial charge in [0, 0.05) is 17.5 Å². The number of hydrogen-bond acceptors (Lipinski definition) is 3. The van der Waals surface area contributed by atoms with Gasteiger partial charge in [0.15, 0.2) is 0 Å². The van der Waals surface area contributed by atoms with Crippen LogP contribution in [0.25, 0.3) is 10.8 Å². The summed E-state index contributed by atoms with van der Waals surface area (Å²) in [6.45, 7) is 3.52. The number of pyridine rings is 1. The number of halogens is 1. The second-order valence-electron chi connectivity index (χ2n) is 4.65. The summed E-state index contributed by atoms with van der Waals surface area (Å²) >= 11 is 5.99. The average molecular weight is 282 g/mol. The maximum absolute atomic E-state index is 12.2. The van der Waals surface area contributed by atoms with E-state index in [1.165, 1.54) is 4.57 Å². The van der Waals surface area contributed by atoms with E-state index < -0.39 is 0 Å². The molecule has 0 fully saturated rings. The molecular weight excluding hydrogens is 266 g/mol. The van der Waals surface area contributed by atoms with Gasteiger partial charge in [-0.25, -0.2) is 0 Å². The van der Waals surface area contributed by atoms with Crippen molar-refractivity contribution in [1.82, 2.24) is 4.57 Å². The minimum absolute atomic E-state index is 0.0648. The molecule has 2 aromatic rings. The lowest BCUT2D eigenvalue weighted by molar-refractivity contribution is 0.221. The van der Waals surface area contributed by atoms with Gasteiger partial charge in [-0.15, -0.1) is 0 Å². The van der Waals surface area contributed by atoms with Crippen LogP contribution in [0.3, 0.4) is 0 Å². The molecule has 0 amide bonds. The van der Waals surface area contributed by atoms with Crippen molar-refractivity contribution in [3.05, 3.63) is 39.3 Å². The third kappa shape index (κ3) is 2.46. The Morgan fingerprint density at radius 1 is 1.37 bits per heavy atom. The van der Waals surface area contributed by atoms with E-state index in [4.69, 9.17) is 16.3 Å². The highest BCUT2D eigenvalue weighted by atomic mass is 35.5. The van der Waals surface area contributed by atoms with Crippen LogP contribution in [0.15, 0.2) is 23.0 Å². The van der Waals surface area contributed by atoms with E-state index in [1.807, 2.05) is 13.8 Å². The predicted molar refractivity (Wildman–Crippen MR) is 75.9 cm³/mol. The lowest BCUT2D eigenvalue weighted by Gasteiger charge is -2.18. The van der Waals surface area contributed by atoms with Crippen molar-refractivity contribution in [2.75, 3.05) is 0 Å². The molecule has 0 unspecified atom stereocenters. The molecule has 1 heterocycles. The minimum atomic E-state index is -0.268. The zero-order valence-corrected chi connectivity index (χ0v) is 11.9. The lowest BCUT2D eigenvalue weighted by Crippen LogP contribution is -2.23. The summed E-state index contributed by atoms with van der Waals surface area (Å²) in [5.74, 6) is 0.511. The topological polar surface area (TPSA) is 51.5 Å². The number of hydrogen-bond donors (Lipinski definition) is 1. The van der Waals surface area contributed by atoms with Crippen molar-refractivity contribution >= 4 is 22.4 Å². The SMILES string of the molecule is CC(C)Oc1c(CO)n(C)c(=O)c2ccc(Cl)cc12. The zero-order chi connectivity index (χ0) is 14.2. The van der Waals surface area contributed by atoms with Crippen molar-refractivity contribution in [2.45, 2.75) is 26.6 Å². The van der Waals surface area contributed by atoms with E-state index in [0.29, 0.717) is 27.2 Å². The van der Waals surface area contributed by atoms with Gasteiger partial charge in [-0.3, -0.25) is 4.79 Å². The number of fused-ring (bicyclic) bond motifs is 1. The Hall–Kier alpha value is -1.52. The van der Waals surface area contributed by atoms with Gasteiger partial charge >= 0.3 is 0 Å². The Labute approximate surface area is 116 Å². The minimum Gasteiger partial charge on any atom is -0.488 e. The molecule has 0 atom stereocenters. The Kier molecular flexibility index (Phi) is 3.83. The summed E-state index contributed by atoms with van der Waals surface area (Å²) in [7, 11) is 1.62. The van der Waals surface area contributed by atoms with Gasteiger partial charge in [0.25, 0.3) is 5.56 Å². The number of benzene rings is 1. The zero-order valence-electron chi connectivity index (χ0n) is 11.1. The third-order valence-electron chi connectivity index (χ3n) is 2.93. The standard InChI is InChI=1S/C14H16ClNO3/c1-8(2)19-13-11-6-9(15)4-5-10(11)14(18)16(3)12(13)7-17/h4-6,8,17H,7H2,1-3H3. The molecule has 5 heteroatoms. The Morgan fingerprint density at radius 2 is 2.05 bits per heavy atom. The van der Waals surface area contributed by atoms with Gasteiger partial charge in [-0.2, -0.15) is 0 Å². The summed E-state index contributed by atoms with van der Waals surface area (Å²) < 4.78 is 7.17. The number of rotatable bonds is 3. The first-order valence-corrected chi connectivity index (χ1v) is 6.42. The second-order valence-corrected chi connectivity index (χ2v) is 5.09. The summed E-state index contributed by atoms with van der Waals surface area (Å²) in [6, 6.07) is 5.03. The Bertz CT molecular complexity index is 676. The number of ether oxygens (including phenoxy) is 1. The number of aromatic nitrogens is 1. The second kappa shape index (κ2) is 5.23. The molecule has 0 aliphatic rings. The molecule has 0 saturated heterocycles. The maximum Gasteiger partial charge on any atom is 0.258 e. The number of nitrogens with zero attached hydrogens (tertiary/aromatic N) is 1. The molecule has 2 rings (SSSR count). The van der Waals surface area contributed by atoms with E-state index >= 15 is 0 Å². The summed E-state index contributed by atoms with van der Waals surface area (Å²) in [5.41, 5.74) is 0.278. The fourth-order valence-electron chi connectivity index (χ4n) is 2.05. The van der Waals surface area contributed by atoms with Gasteiger partial charge in [0.05, 0.1) is 23.8 Å². The van der Waals surface area contributed by atoms with Crippen LogP contribution in [-0.4, -0.2) is 15.8 Å². The largest absolute Gasteiger partial charge is 0.488 e. The van der Waals surface area contributed by atoms with Gasteiger partial charge in [0.1, 0.15) is 5.75 Å². The third-order valence-corrected chi connectivity index (χ3v) is 3.17. The van der Waals surface area contributed by atoms with Crippen LogP contribution in [0.5, 0.6) is 5.75 Å². The van der Waals surface area contributed by atoms with E-state index in [2.05, 4.69) is 0 Å². The molecular formula is C14H16ClNO3. The van der Waals surface area contributed by atoms with Gasteiger partial charge in [-0.1, -0.05) is 11.6 Å². The van der Waals surface area contributed by atoms with E-state index in [-0.39, 0.29) is 18.3 Å². The molecule has 0 aliphatic carbocycles. The molecule has 102 valence electrons. The molecule has 1 aromatic heterocycles. The smallest absolute Gasteiger partial charge is 0.258 e. The van der Waals surface area contributed by atoms with E-state index in [0.717, 1.165) is 0 Å². The summed E-state index contributed by atoms with van der Waals surface area (Å²) in [5, 5.41) is 11.2. The molecule has 0 radical (unpaired) electrons. The fourth-order valence-corrected chi connectivity index (χ4v) is 2.22. The monoisotopic (exact) mass is 281 g/mol. The number of aliphatic hydroxyl groups is 1. The van der Waals surface area contributed by atoms with Crippen LogP contribution in [0.2, 0.25) is 5.02 Å². The van der Waals surface area contributed by atoms with Crippen molar-refractivity contribution in [3.63, 3.8) is 0 Å². The van der Waals surface area contributed by atoms with E-state index in [9.17, 15) is 9.90 Å². The molecule has 4 nitrogen and oxygen atoms in total. The van der Waals surface area contributed by atoms with Crippen LogP contribution in [-0.2, 0) is 13.7 Å². The molecule has 0 bridgehead atoms. The average Bonchev–Trinajstić information content (AvgIpc) is 2.35. The molecule has 1 aromatic carbocycles. The van der Waals surface area contributed by atoms with Gasteiger partial charge < -0.3 is 14.4 Å². The first-order valence-electron chi connectivity index (χ1n) is 6.04. The van der Waals surface area contributed by atoms with Crippen LogP contribution >= 0.6 is 11.6 Å². The highest BCUT2D eigenvalue weighted by Gasteiger charge is 2.16. The van der Waals surface area contributed by atoms with Crippen molar-refractivity contribution in [1.29, 1.82) is 0 Å². The fraction of sp³-hybridized carbons (Fsp3) is 0.357. The van der Waals surface area contributed by atoms with Crippen LogP contribution in [0.1, 0.15) is 19.5 Å². The molecule has 19 heavy (non-hydrogen) atoms. The van der Waals surface area contributed by atoms with Crippen molar-refractivity contribution < 1.29 is 9.84 Å². The van der Waals surface area contributed by atoms with Crippen LogP contribution < -0.4 is 10.3 Å². The molecule has 1 N–H and O–H groups in total. The Balaban J connectivity index is 2.90. The van der Waals surface area contributed by atoms with Gasteiger partial charge in [0.2, 0.25) is 0 Å². The molecule has 0 spiro atoms. The van der Waals surface area contributed by atoms with Crippen molar-refractivity contribution in [2.24, 2.45) is 7.05 Å². The first kappa shape index (κ1) is 13.9. The normalized spacial score (nSPS) is 11.3. The van der Waals surface area contributed by atoms with Crippen LogP contribution in [0, 0.1) is 0 Å². The first-order chi connectivity index (χ1) is 8.95. The summed E-state index contributed by atoms with van der Waals surface area (Å²) in [4.78, 5) is 12.2. The van der Waals surface area contributed by atoms with E-state index in [1.54, 1.807) is 25.2 Å². The summed E-state index contributed by atoms with van der Waals surface area (Å²) in [6.07, 6.45) is -0.0648. The highest BCUT2D eigenvalue weighted by Crippen LogP contribution is 2.30. The van der Waals surface area contributed by atoms with Crippen molar-refractivity contribution in [3.8, 4) is 5.75 Å². The van der Waals surface area contributed by atoms with Crippen LogP contribution in [0.4, 0.5) is 0 Å². The quantitative estimate of drug-likeness (QED) is 0.940. The molecule has 0 saturated carbocycles. The Morgan fingerprint density at radius 3 is 2.63 bits per heavy atom. The highest BCUT2D eigenvalue weighted by molar-refractivity contribution is 6.31. The lowest BCUT2D eigenvalue weighted by atomic mass is 10.1. The number of aliphatic hydroxyl groups excluding tert-OH is 1. The molecule has 0 aliphatic heterocycles. The maximum atomic E-state index is 12.2.